The van der Waals surface area contributed by atoms with E-state index in [1.165, 1.54) is 0 Å². The third-order valence-electron chi connectivity index (χ3n) is 14.6. The lowest BCUT2D eigenvalue weighted by molar-refractivity contribution is -0.162. The zero-order chi connectivity index (χ0) is 49.5. The van der Waals surface area contributed by atoms with Crippen LogP contribution in [0.4, 0.5) is 27.7 Å². The van der Waals surface area contributed by atoms with Crippen LogP contribution in [0.15, 0.2) is 72.9 Å². The van der Waals surface area contributed by atoms with Crippen LogP contribution >= 0.6 is 0 Å². The summed E-state index contributed by atoms with van der Waals surface area (Å²) in [5.41, 5.74) is 2.28. The van der Waals surface area contributed by atoms with Crippen LogP contribution in [0.3, 0.4) is 0 Å². The number of piperazine rings is 1. The number of carboxylic acid groups (broad SMARTS) is 1. The third-order valence-corrected chi connectivity index (χ3v) is 14.6. The van der Waals surface area contributed by atoms with Gasteiger partial charge in [-0.2, -0.15) is 0 Å². The summed E-state index contributed by atoms with van der Waals surface area (Å²) in [5.74, 6) is -1.36. The van der Waals surface area contributed by atoms with Crippen LogP contribution in [0.2, 0.25) is 0 Å². The Morgan fingerprint density at radius 1 is 0.887 bits per heavy atom. The van der Waals surface area contributed by atoms with Crippen molar-refractivity contribution in [1.82, 2.24) is 30.7 Å². The molecule has 71 heavy (non-hydrogen) atoms. The first-order valence-electron chi connectivity index (χ1n) is 25.1. The molecule has 2 aromatic carbocycles. The minimum atomic E-state index is -1.50. The van der Waals surface area contributed by atoms with Gasteiger partial charge in [0, 0.05) is 67.2 Å². The van der Waals surface area contributed by atoms with Crippen LogP contribution in [0.5, 0.6) is 11.6 Å². The maximum Gasteiger partial charge on any atom is 0.413 e. The highest BCUT2D eigenvalue weighted by Crippen LogP contribution is 2.43. The summed E-state index contributed by atoms with van der Waals surface area (Å²) in [4.78, 5) is 63.5. The lowest BCUT2D eigenvalue weighted by Gasteiger charge is -2.43. The number of ether oxygens (including phenoxy) is 3. The van der Waals surface area contributed by atoms with Crippen LogP contribution in [-0.4, -0.2) is 137 Å². The van der Waals surface area contributed by atoms with Crippen molar-refractivity contribution in [1.29, 1.82) is 0 Å². The fourth-order valence-electron chi connectivity index (χ4n) is 10.4. The fraction of sp³-hybridized carbons (Fsp3) is 0.519. The molecule has 6 N–H and O–H groups in total. The maximum atomic E-state index is 13.5. The van der Waals surface area contributed by atoms with Crippen molar-refractivity contribution in [2.24, 2.45) is 5.41 Å². The number of rotatable bonds is 20. The van der Waals surface area contributed by atoms with Gasteiger partial charge in [0.05, 0.1) is 23.6 Å². The number of para-hydroxylation sites is 1. The van der Waals surface area contributed by atoms with Gasteiger partial charge in [-0.3, -0.25) is 19.7 Å². The second-order valence-electron chi connectivity index (χ2n) is 19.9. The van der Waals surface area contributed by atoms with Crippen molar-refractivity contribution in [3.63, 3.8) is 0 Å². The monoisotopic (exact) mass is 975 g/mol. The van der Waals surface area contributed by atoms with Crippen LogP contribution < -0.4 is 35.8 Å². The number of nitrogens with one attached hydrogen (secondary N) is 4. The summed E-state index contributed by atoms with van der Waals surface area (Å²) in [5, 5.41) is 41.3. The zero-order valence-electron chi connectivity index (χ0n) is 40.6. The normalized spacial score (nSPS) is 21.9. The van der Waals surface area contributed by atoms with Crippen molar-refractivity contribution in [3.05, 3.63) is 78.5 Å². The smallest absolute Gasteiger partial charge is 0.413 e. The largest absolute Gasteiger partial charge is 0.507 e. The molecule has 2 bridgehead atoms. The number of carbonyl (C=O) groups is 4. The highest BCUT2D eigenvalue weighted by atomic mass is 16.5. The highest BCUT2D eigenvalue weighted by molar-refractivity contribution is 6.05. The molecule has 4 aromatic rings. The summed E-state index contributed by atoms with van der Waals surface area (Å²) >= 11 is 0. The number of nitrogens with zero attached hydrogens (tertiary/aromatic N) is 6. The van der Waals surface area contributed by atoms with Gasteiger partial charge in [0.2, 0.25) is 17.7 Å². The lowest BCUT2D eigenvalue weighted by atomic mass is 9.68. The average Bonchev–Trinajstić information content (AvgIpc) is 3.60. The first-order chi connectivity index (χ1) is 34.4. The number of carbonyl (C=O) groups excluding carboxylic acids is 3. The average molecular weight is 975 g/mol. The van der Waals surface area contributed by atoms with E-state index in [9.17, 15) is 29.4 Å². The number of carboxylic acids is 1. The molecule has 378 valence electrons. The fourth-order valence-corrected chi connectivity index (χ4v) is 10.4. The van der Waals surface area contributed by atoms with Crippen molar-refractivity contribution in [2.75, 3.05) is 67.3 Å². The van der Waals surface area contributed by atoms with E-state index in [0.717, 1.165) is 70.3 Å². The Hall–Kier alpha value is -6.57. The highest BCUT2D eigenvalue weighted by Gasteiger charge is 2.52. The molecule has 5 heterocycles. The molecular weight excluding hydrogens is 909 g/mol. The number of aliphatic carboxylic acids is 1. The number of benzene rings is 2. The van der Waals surface area contributed by atoms with E-state index < -0.39 is 35.3 Å². The van der Waals surface area contributed by atoms with Gasteiger partial charge in [-0.15, -0.1) is 10.2 Å². The number of hydrogen-bond acceptors (Lipinski definition) is 15. The molecule has 5 fully saturated rings. The van der Waals surface area contributed by atoms with Crippen LogP contribution in [-0.2, 0) is 30.5 Å². The number of piperidine rings is 1. The number of anilines is 4. The second kappa shape index (κ2) is 22.2. The predicted octanol–water partition coefficient (Wildman–Crippen LogP) is 5.94. The number of aromatic nitrogens is 3. The molecule has 0 spiro atoms. The molecule has 2 aromatic heterocycles. The summed E-state index contributed by atoms with van der Waals surface area (Å²) in [6.07, 6.45) is 10.4. The van der Waals surface area contributed by atoms with Crippen molar-refractivity contribution in [2.45, 2.75) is 120 Å². The van der Waals surface area contributed by atoms with Gasteiger partial charge in [0.1, 0.15) is 29.9 Å². The number of amides is 3. The van der Waals surface area contributed by atoms with E-state index in [-0.39, 0.29) is 55.3 Å². The van der Waals surface area contributed by atoms with Gasteiger partial charge >= 0.3 is 12.1 Å². The van der Waals surface area contributed by atoms with Crippen molar-refractivity contribution in [3.8, 4) is 22.9 Å². The lowest BCUT2D eigenvalue weighted by Crippen LogP contribution is -2.55. The predicted molar refractivity (Wildman–Crippen MR) is 266 cm³/mol. The Bertz CT molecular complexity index is 2500. The molecule has 19 nitrogen and oxygen atoms in total. The Morgan fingerprint density at radius 2 is 1.63 bits per heavy atom. The van der Waals surface area contributed by atoms with Gasteiger partial charge < -0.3 is 55.1 Å². The number of unbranched alkanes of at least 4 members (excludes halogenated alkanes) is 1. The van der Waals surface area contributed by atoms with Crippen molar-refractivity contribution >= 4 is 46.8 Å². The van der Waals surface area contributed by atoms with Gasteiger partial charge in [0.15, 0.2) is 5.82 Å². The Morgan fingerprint density at radius 3 is 2.32 bits per heavy atom. The number of hydrogen-bond donors (Lipinski definition) is 6. The number of fused-ring (bicyclic) bond motifs is 2. The number of phenols is 1. The van der Waals surface area contributed by atoms with E-state index in [0.29, 0.717) is 72.5 Å². The zero-order valence-corrected chi connectivity index (χ0v) is 40.6. The Labute approximate surface area is 414 Å². The topological polar surface area (TPSA) is 233 Å². The van der Waals surface area contributed by atoms with Gasteiger partial charge in [0.25, 0.3) is 0 Å². The molecule has 2 saturated carbocycles. The minimum Gasteiger partial charge on any atom is -0.507 e. The molecule has 3 aliphatic heterocycles. The number of aromatic hydroxyl groups is 1. The Kier molecular flexibility index (Phi) is 15.5. The first kappa shape index (κ1) is 49.4. The molecular formula is C52H66N10O9. The molecule has 19 heteroatoms. The molecule has 9 rings (SSSR count). The molecule has 3 amide bonds. The number of pyridine rings is 1. The maximum absolute atomic E-state index is 13.5. The summed E-state index contributed by atoms with van der Waals surface area (Å²) in [6, 6.07) is 19.0. The molecule has 3 atom stereocenters. The van der Waals surface area contributed by atoms with E-state index in [2.05, 4.69) is 46.2 Å². The van der Waals surface area contributed by atoms with E-state index in [4.69, 9.17) is 14.2 Å². The van der Waals surface area contributed by atoms with Crippen LogP contribution in [0.25, 0.3) is 11.3 Å². The van der Waals surface area contributed by atoms with Gasteiger partial charge in [-0.1, -0.05) is 30.7 Å². The molecule has 2 unspecified atom stereocenters. The molecule has 3 saturated heterocycles. The summed E-state index contributed by atoms with van der Waals surface area (Å²) in [6.45, 7) is 4.01. The van der Waals surface area contributed by atoms with E-state index in [1.807, 2.05) is 49.5 Å². The quantitative estimate of drug-likeness (QED) is 0.0445. The second-order valence-corrected chi connectivity index (χ2v) is 19.9. The van der Waals surface area contributed by atoms with Crippen LogP contribution in [0.1, 0.15) is 82.6 Å². The first-order valence-corrected chi connectivity index (χ1v) is 25.1. The number of phenolic OH excluding ortho intramolecular Hbond substituents is 1. The summed E-state index contributed by atoms with van der Waals surface area (Å²) < 4.78 is 18.3. The summed E-state index contributed by atoms with van der Waals surface area (Å²) in [7, 11) is 3.92. The molecule has 2 aliphatic carbocycles. The van der Waals surface area contributed by atoms with Gasteiger partial charge in [-0.05, 0) is 133 Å². The Balaban J connectivity index is 0.821. The van der Waals surface area contributed by atoms with Crippen LogP contribution in [0, 0.1) is 5.41 Å². The van der Waals surface area contributed by atoms with E-state index >= 15 is 0 Å². The minimum absolute atomic E-state index is 0.0607. The molecule has 0 radical (unpaired) electrons. The van der Waals surface area contributed by atoms with E-state index in [1.54, 1.807) is 42.5 Å². The standard InChI is InChI=1S/C52H66N10O9/c1-60(2)25-6-5-9-42(56-49(65)52(50(66)67)20-7-21-52)48(64)55-34-13-11-33(12-14-34)32-69-51(68)57-47-44(29-43(58-59-47)41-8-3-4-10-45(41)63)61-30-36-15-16-37(31-61)62(36)35-17-24-54-46(26-35)71-40-27-39(28-40)70-38-18-22-53-23-19-38/h3-4,8,10-14,17,24,26,29,36-40,42,53,63H,5-7,9,15-16,18-23,25,27-28,30-32H2,1-2H3,(H,55,64)(H,56,65)(H,66,67)(H,57,59,68)/t36?,37?,39?,40?,42-/m0/s1. The van der Waals surface area contributed by atoms with Crippen molar-refractivity contribution < 1.29 is 43.6 Å². The third kappa shape index (κ3) is 11.8. The SMILES string of the molecule is CN(C)CCCC[C@H](NC(=O)C1(C(=O)O)CCC1)C(=O)Nc1ccc(COC(=O)Nc2nnc(-c3ccccc3O)cc2N2CC3CCC(C2)N3c2ccnc(OC3CC(OC4CCNCC4)C3)c2)cc1. The van der Waals surface area contributed by atoms with Gasteiger partial charge in [-0.25, -0.2) is 9.78 Å². The molecule has 5 aliphatic rings.